The van der Waals surface area contributed by atoms with Crippen LogP contribution in [0.4, 0.5) is 10.5 Å². The van der Waals surface area contributed by atoms with Crippen LogP contribution in [-0.4, -0.2) is 11.9 Å². The number of halogens is 1. The smallest absolute Gasteiger partial charge is 0.319 e. The summed E-state index contributed by atoms with van der Waals surface area (Å²) in [5.74, 6) is -0.268. The van der Waals surface area contributed by atoms with Crippen LogP contribution in [0, 0.1) is 0 Å². The van der Waals surface area contributed by atoms with Crippen molar-refractivity contribution in [2.24, 2.45) is 0 Å². The molecule has 1 aliphatic heterocycles. The first-order valence-electron chi connectivity index (χ1n) is 6.93. The van der Waals surface area contributed by atoms with Gasteiger partial charge in [-0.1, -0.05) is 17.7 Å². The number of allylic oxidation sites excluding steroid dienone is 1. The molecule has 0 saturated carbocycles. The van der Waals surface area contributed by atoms with Crippen molar-refractivity contribution in [3.63, 3.8) is 0 Å². The summed E-state index contributed by atoms with van der Waals surface area (Å²) in [6.45, 7) is 1.72. The lowest BCUT2D eigenvalue weighted by Gasteiger charge is -2.27. The van der Waals surface area contributed by atoms with Crippen molar-refractivity contribution < 1.29 is 9.59 Å². The van der Waals surface area contributed by atoms with Gasteiger partial charge in [-0.2, -0.15) is 0 Å². The number of urea groups is 1. The van der Waals surface area contributed by atoms with E-state index in [2.05, 4.69) is 16.0 Å². The summed E-state index contributed by atoms with van der Waals surface area (Å²) in [6, 6.07) is 9.87. The number of rotatable bonds is 3. The Morgan fingerprint density at radius 2 is 2.00 bits per heavy atom. The van der Waals surface area contributed by atoms with Gasteiger partial charge in [-0.05, 0) is 42.6 Å². The zero-order chi connectivity index (χ0) is 16.4. The van der Waals surface area contributed by atoms with Crippen LogP contribution in [0.3, 0.4) is 0 Å². The van der Waals surface area contributed by atoms with Crippen molar-refractivity contribution in [3.05, 3.63) is 62.9 Å². The Labute approximate surface area is 142 Å². The van der Waals surface area contributed by atoms with Gasteiger partial charge in [0, 0.05) is 21.3 Å². The minimum absolute atomic E-state index is 0.268. The topological polar surface area (TPSA) is 70.2 Å². The Morgan fingerprint density at radius 1 is 1.26 bits per heavy atom. The molecule has 5 nitrogen and oxygen atoms in total. The van der Waals surface area contributed by atoms with Gasteiger partial charge in [-0.15, -0.1) is 11.3 Å². The second-order valence-corrected chi connectivity index (χ2v) is 6.46. The first-order valence-corrected chi connectivity index (χ1v) is 8.19. The third-order valence-corrected chi connectivity index (χ3v) is 4.63. The molecule has 0 saturated heterocycles. The Balaban J connectivity index is 1.90. The SMILES string of the molecule is CC1=C(C(=O)Nc2ccc(Cl)cc2)[C@@H](c2cccs2)NC(=O)N1. The van der Waals surface area contributed by atoms with Crippen LogP contribution < -0.4 is 16.0 Å². The maximum absolute atomic E-state index is 12.7. The lowest BCUT2D eigenvalue weighted by molar-refractivity contribution is -0.113. The minimum Gasteiger partial charge on any atom is -0.326 e. The Bertz CT molecular complexity index is 769. The molecule has 2 heterocycles. The van der Waals surface area contributed by atoms with Crippen LogP contribution in [0.5, 0.6) is 0 Å². The van der Waals surface area contributed by atoms with E-state index in [-0.39, 0.29) is 11.9 Å². The molecule has 1 atom stereocenters. The maximum Gasteiger partial charge on any atom is 0.319 e. The van der Waals surface area contributed by atoms with E-state index in [1.54, 1.807) is 31.2 Å². The van der Waals surface area contributed by atoms with Crippen LogP contribution >= 0.6 is 22.9 Å². The van der Waals surface area contributed by atoms with Gasteiger partial charge >= 0.3 is 6.03 Å². The average Bonchev–Trinajstić information content (AvgIpc) is 3.03. The minimum atomic E-state index is -0.462. The number of thiophene rings is 1. The first-order chi connectivity index (χ1) is 11.0. The maximum atomic E-state index is 12.7. The van der Waals surface area contributed by atoms with E-state index in [0.717, 1.165) is 4.88 Å². The second-order valence-electron chi connectivity index (χ2n) is 5.05. The molecule has 3 amide bonds. The summed E-state index contributed by atoms with van der Waals surface area (Å²) in [6.07, 6.45) is 0. The van der Waals surface area contributed by atoms with Gasteiger partial charge in [0.15, 0.2) is 0 Å². The quantitative estimate of drug-likeness (QED) is 0.792. The number of benzene rings is 1. The number of carbonyl (C=O) groups is 2. The van der Waals surface area contributed by atoms with Crippen molar-refractivity contribution in [2.45, 2.75) is 13.0 Å². The van der Waals surface area contributed by atoms with Crippen LogP contribution in [0.15, 0.2) is 53.0 Å². The Morgan fingerprint density at radius 3 is 2.65 bits per heavy atom. The third-order valence-electron chi connectivity index (χ3n) is 3.44. The van der Waals surface area contributed by atoms with Crippen molar-refractivity contribution in [1.82, 2.24) is 10.6 Å². The molecule has 23 heavy (non-hydrogen) atoms. The average molecular weight is 348 g/mol. The van der Waals surface area contributed by atoms with Crippen molar-refractivity contribution in [1.29, 1.82) is 0 Å². The van der Waals surface area contributed by atoms with E-state index >= 15 is 0 Å². The fraction of sp³-hybridized carbons (Fsp3) is 0.125. The van der Waals surface area contributed by atoms with Crippen LogP contribution in [0.2, 0.25) is 5.02 Å². The normalized spacial score (nSPS) is 17.5. The summed E-state index contributed by atoms with van der Waals surface area (Å²) < 4.78 is 0. The molecule has 1 aromatic carbocycles. The zero-order valence-corrected chi connectivity index (χ0v) is 13.8. The molecule has 0 radical (unpaired) electrons. The second kappa shape index (κ2) is 6.44. The van der Waals surface area contributed by atoms with Crippen LogP contribution in [0.25, 0.3) is 0 Å². The van der Waals surface area contributed by atoms with E-state index in [0.29, 0.717) is 22.0 Å². The zero-order valence-electron chi connectivity index (χ0n) is 12.2. The predicted octanol–water partition coefficient (Wildman–Crippen LogP) is 3.67. The molecule has 0 bridgehead atoms. The predicted molar refractivity (Wildman–Crippen MR) is 91.5 cm³/mol. The van der Waals surface area contributed by atoms with Crippen molar-refractivity contribution in [3.8, 4) is 0 Å². The molecule has 7 heteroatoms. The lowest BCUT2D eigenvalue weighted by Crippen LogP contribution is -2.45. The van der Waals surface area contributed by atoms with E-state index in [1.807, 2.05) is 17.5 Å². The number of anilines is 1. The molecular weight excluding hydrogens is 334 g/mol. The number of nitrogens with one attached hydrogen (secondary N) is 3. The van der Waals surface area contributed by atoms with Gasteiger partial charge in [-0.3, -0.25) is 4.79 Å². The van der Waals surface area contributed by atoms with E-state index in [9.17, 15) is 9.59 Å². The Kier molecular flexibility index (Phi) is 4.36. The largest absolute Gasteiger partial charge is 0.326 e. The number of hydrogen-bond acceptors (Lipinski definition) is 3. The summed E-state index contributed by atoms with van der Waals surface area (Å²) in [5, 5.41) is 10.8. The molecule has 0 spiro atoms. The van der Waals surface area contributed by atoms with Gasteiger partial charge in [-0.25, -0.2) is 4.79 Å². The molecule has 0 unspecified atom stereocenters. The summed E-state index contributed by atoms with van der Waals surface area (Å²) in [4.78, 5) is 25.3. The molecule has 0 aliphatic carbocycles. The molecule has 1 aromatic heterocycles. The molecule has 3 N–H and O–H groups in total. The van der Waals surface area contributed by atoms with Crippen molar-refractivity contribution >= 4 is 40.6 Å². The molecule has 1 aliphatic rings. The molecule has 0 fully saturated rings. The van der Waals surface area contributed by atoms with E-state index in [4.69, 9.17) is 11.6 Å². The fourth-order valence-corrected chi connectivity index (χ4v) is 3.31. The van der Waals surface area contributed by atoms with E-state index in [1.165, 1.54) is 11.3 Å². The lowest BCUT2D eigenvalue weighted by atomic mass is 10.0. The standard InChI is InChI=1S/C16H14ClN3O2S/c1-9-13(15(21)19-11-6-4-10(17)5-7-11)14(20-16(22)18-9)12-3-2-8-23-12/h2-8,14H,1H3,(H,19,21)(H2,18,20,22)/t14-/m1/s1. The van der Waals surface area contributed by atoms with Gasteiger partial charge in [0.1, 0.15) is 0 Å². The highest BCUT2D eigenvalue weighted by molar-refractivity contribution is 7.10. The molecule has 2 aromatic rings. The van der Waals surface area contributed by atoms with Gasteiger partial charge in [0.25, 0.3) is 5.91 Å². The van der Waals surface area contributed by atoms with Crippen molar-refractivity contribution in [2.75, 3.05) is 5.32 Å². The number of carbonyl (C=O) groups excluding carboxylic acids is 2. The van der Waals surface area contributed by atoms with Gasteiger partial charge in [0.2, 0.25) is 0 Å². The van der Waals surface area contributed by atoms with Gasteiger partial charge in [0.05, 0.1) is 11.6 Å². The summed E-state index contributed by atoms with van der Waals surface area (Å²) >= 11 is 7.34. The Hall–Kier alpha value is -2.31. The fourth-order valence-electron chi connectivity index (χ4n) is 2.40. The molecular formula is C16H14ClN3O2S. The highest BCUT2D eigenvalue weighted by Gasteiger charge is 2.31. The van der Waals surface area contributed by atoms with E-state index < -0.39 is 6.04 Å². The first kappa shape index (κ1) is 15.6. The highest BCUT2D eigenvalue weighted by Crippen LogP contribution is 2.30. The number of hydrogen-bond donors (Lipinski definition) is 3. The van der Waals surface area contributed by atoms with Crippen LogP contribution in [-0.2, 0) is 4.79 Å². The molecule has 3 rings (SSSR count). The summed E-state index contributed by atoms with van der Waals surface area (Å²) in [5.41, 5.74) is 1.67. The number of amides is 3. The van der Waals surface area contributed by atoms with Gasteiger partial charge < -0.3 is 16.0 Å². The highest BCUT2D eigenvalue weighted by atomic mass is 35.5. The van der Waals surface area contributed by atoms with Crippen LogP contribution in [0.1, 0.15) is 17.8 Å². The summed E-state index contributed by atoms with van der Waals surface area (Å²) in [7, 11) is 0. The third kappa shape index (κ3) is 3.38. The monoisotopic (exact) mass is 347 g/mol. The molecule has 118 valence electrons.